The summed E-state index contributed by atoms with van der Waals surface area (Å²) in [5, 5.41) is 5.22. The molecule has 27 heavy (non-hydrogen) atoms. The minimum absolute atomic E-state index is 0.0193. The molecule has 0 radical (unpaired) electrons. The molecule has 0 aliphatic carbocycles. The van der Waals surface area contributed by atoms with Gasteiger partial charge in [0.05, 0.1) is 11.4 Å². The number of rotatable bonds is 5. The van der Waals surface area contributed by atoms with Crippen LogP contribution in [0.4, 0.5) is 5.69 Å². The van der Waals surface area contributed by atoms with Gasteiger partial charge in [-0.25, -0.2) is 13.6 Å². The maximum absolute atomic E-state index is 12.7. The van der Waals surface area contributed by atoms with Crippen LogP contribution in [0.2, 0.25) is 0 Å². The molecule has 2 aromatic carbocycles. The third-order valence-electron chi connectivity index (χ3n) is 5.01. The summed E-state index contributed by atoms with van der Waals surface area (Å²) in [7, 11) is -1.93. The van der Waals surface area contributed by atoms with Crippen LogP contribution < -0.4 is 10.0 Å². The highest BCUT2D eigenvalue weighted by Crippen LogP contribution is 2.33. The number of hydrogen-bond donors (Lipinski definition) is 1. The number of hydrogen-bond acceptors (Lipinski definition) is 4. The molecule has 1 atom stereocenters. The monoisotopic (exact) mass is 387 g/mol. The first-order valence-electron chi connectivity index (χ1n) is 8.87. The van der Waals surface area contributed by atoms with Gasteiger partial charge in [0.1, 0.15) is 0 Å². The van der Waals surface area contributed by atoms with E-state index in [1.807, 2.05) is 43.0 Å². The molecule has 6 nitrogen and oxygen atoms in total. The third kappa shape index (κ3) is 4.31. The third-order valence-corrected chi connectivity index (χ3v) is 5.92. The Morgan fingerprint density at radius 2 is 1.89 bits per heavy atom. The molecule has 0 saturated heterocycles. The van der Waals surface area contributed by atoms with E-state index in [9.17, 15) is 13.2 Å². The molecule has 0 spiro atoms. The number of anilines is 1. The number of aryl methyl sites for hydroxylation is 1. The van der Waals surface area contributed by atoms with Crippen molar-refractivity contribution in [1.29, 1.82) is 0 Å². The molecule has 2 aromatic rings. The van der Waals surface area contributed by atoms with E-state index >= 15 is 0 Å². The fraction of sp³-hybridized carbons (Fsp3) is 0.350. The van der Waals surface area contributed by atoms with E-state index in [0.717, 1.165) is 16.8 Å². The van der Waals surface area contributed by atoms with Gasteiger partial charge in [0.2, 0.25) is 15.9 Å². The first kappa shape index (κ1) is 19.4. The number of sulfonamides is 1. The van der Waals surface area contributed by atoms with E-state index in [-0.39, 0.29) is 23.4 Å². The quantitative estimate of drug-likeness (QED) is 0.851. The standard InChI is InChI=1S/C20H25N3O3S/c1-14-4-6-16(7-5-14)12-22(3)20(24)13-23-15(2)10-17-11-18(27(21,25)26)8-9-19(17)23/h4-9,11,15H,10,12-13H2,1-3H3,(H2,21,25,26). The lowest BCUT2D eigenvalue weighted by atomic mass is 10.1. The van der Waals surface area contributed by atoms with Crippen molar-refractivity contribution in [2.75, 3.05) is 18.5 Å². The number of carbonyl (C=O) groups excluding carboxylic acids is 1. The largest absolute Gasteiger partial charge is 0.359 e. The fourth-order valence-corrected chi connectivity index (χ4v) is 3.98. The van der Waals surface area contributed by atoms with Gasteiger partial charge in [0.15, 0.2) is 0 Å². The maximum Gasteiger partial charge on any atom is 0.242 e. The van der Waals surface area contributed by atoms with Crippen LogP contribution in [0, 0.1) is 6.92 Å². The molecule has 0 saturated carbocycles. The second-order valence-corrected chi connectivity index (χ2v) is 8.81. The SMILES string of the molecule is Cc1ccc(CN(C)C(=O)CN2c3ccc(S(N)(=O)=O)cc3CC2C)cc1. The Hall–Kier alpha value is -2.38. The summed E-state index contributed by atoms with van der Waals surface area (Å²) in [6.07, 6.45) is 0.688. The predicted octanol–water partition coefficient (Wildman–Crippen LogP) is 2.05. The van der Waals surface area contributed by atoms with Crippen LogP contribution in [-0.4, -0.2) is 38.9 Å². The second-order valence-electron chi connectivity index (χ2n) is 7.25. The summed E-state index contributed by atoms with van der Waals surface area (Å²) >= 11 is 0. The summed E-state index contributed by atoms with van der Waals surface area (Å²) in [5.74, 6) is 0.0193. The Bertz CT molecular complexity index is 955. The van der Waals surface area contributed by atoms with E-state index in [0.29, 0.717) is 13.0 Å². The van der Waals surface area contributed by atoms with Crippen molar-refractivity contribution in [3.63, 3.8) is 0 Å². The smallest absolute Gasteiger partial charge is 0.242 e. The number of fused-ring (bicyclic) bond motifs is 1. The fourth-order valence-electron chi connectivity index (χ4n) is 3.41. The van der Waals surface area contributed by atoms with Crippen molar-refractivity contribution in [3.05, 3.63) is 59.2 Å². The van der Waals surface area contributed by atoms with Crippen molar-refractivity contribution in [1.82, 2.24) is 4.90 Å². The molecule has 144 valence electrons. The number of likely N-dealkylation sites (N-methyl/N-ethyl adjacent to an activating group) is 1. The summed E-state index contributed by atoms with van der Waals surface area (Å²) in [6.45, 7) is 4.87. The number of nitrogens with zero attached hydrogens (tertiary/aromatic N) is 2. The van der Waals surface area contributed by atoms with Gasteiger partial charge in [-0.2, -0.15) is 0 Å². The van der Waals surface area contributed by atoms with Gasteiger partial charge in [-0.05, 0) is 49.6 Å². The molecule has 3 rings (SSSR count). The zero-order valence-corrected chi connectivity index (χ0v) is 16.7. The van der Waals surface area contributed by atoms with Crippen LogP contribution in [0.5, 0.6) is 0 Å². The highest BCUT2D eigenvalue weighted by molar-refractivity contribution is 7.89. The van der Waals surface area contributed by atoms with E-state index in [2.05, 4.69) is 0 Å². The van der Waals surface area contributed by atoms with Crippen molar-refractivity contribution in [2.24, 2.45) is 5.14 Å². The molecule has 2 N–H and O–H groups in total. The van der Waals surface area contributed by atoms with Gasteiger partial charge in [-0.3, -0.25) is 4.79 Å². The molecule has 0 bridgehead atoms. The van der Waals surface area contributed by atoms with Crippen LogP contribution >= 0.6 is 0 Å². The first-order chi connectivity index (χ1) is 12.6. The summed E-state index contributed by atoms with van der Waals surface area (Å²) in [6, 6.07) is 13.1. The van der Waals surface area contributed by atoms with Crippen LogP contribution in [-0.2, 0) is 27.8 Å². The predicted molar refractivity (Wildman–Crippen MR) is 106 cm³/mol. The zero-order valence-electron chi connectivity index (χ0n) is 15.8. The van der Waals surface area contributed by atoms with Gasteiger partial charge >= 0.3 is 0 Å². The lowest BCUT2D eigenvalue weighted by molar-refractivity contribution is -0.129. The van der Waals surface area contributed by atoms with Crippen LogP contribution in [0.3, 0.4) is 0 Å². The lowest BCUT2D eigenvalue weighted by Crippen LogP contribution is -2.40. The van der Waals surface area contributed by atoms with Crippen LogP contribution in [0.15, 0.2) is 47.4 Å². The zero-order chi connectivity index (χ0) is 19.8. The molecule has 1 unspecified atom stereocenters. The van der Waals surface area contributed by atoms with Gasteiger partial charge in [-0.15, -0.1) is 0 Å². The van der Waals surface area contributed by atoms with E-state index in [4.69, 9.17) is 5.14 Å². The van der Waals surface area contributed by atoms with Crippen molar-refractivity contribution in [2.45, 2.75) is 37.8 Å². The van der Waals surface area contributed by atoms with E-state index in [1.54, 1.807) is 24.1 Å². The summed E-state index contributed by atoms with van der Waals surface area (Å²) in [4.78, 5) is 16.6. The average Bonchev–Trinajstić information content (AvgIpc) is 2.91. The summed E-state index contributed by atoms with van der Waals surface area (Å²) in [5.41, 5.74) is 4.08. The minimum Gasteiger partial charge on any atom is -0.359 e. The van der Waals surface area contributed by atoms with Crippen molar-refractivity contribution in [3.8, 4) is 0 Å². The average molecular weight is 388 g/mol. The molecule has 7 heteroatoms. The molecule has 0 aromatic heterocycles. The Balaban J connectivity index is 1.72. The highest BCUT2D eigenvalue weighted by atomic mass is 32.2. The van der Waals surface area contributed by atoms with E-state index < -0.39 is 10.0 Å². The Kier molecular flexibility index (Phi) is 5.26. The Morgan fingerprint density at radius 3 is 2.52 bits per heavy atom. The minimum atomic E-state index is -3.73. The normalized spacial score (nSPS) is 16.3. The van der Waals surface area contributed by atoms with Gasteiger partial charge in [0.25, 0.3) is 0 Å². The van der Waals surface area contributed by atoms with E-state index in [1.165, 1.54) is 11.6 Å². The number of carbonyl (C=O) groups is 1. The Morgan fingerprint density at radius 1 is 1.22 bits per heavy atom. The number of amides is 1. The van der Waals surface area contributed by atoms with Crippen LogP contribution in [0.25, 0.3) is 0 Å². The number of primary sulfonamides is 1. The van der Waals surface area contributed by atoms with Crippen molar-refractivity contribution < 1.29 is 13.2 Å². The van der Waals surface area contributed by atoms with Crippen LogP contribution in [0.1, 0.15) is 23.6 Å². The Labute approximate surface area is 160 Å². The maximum atomic E-state index is 12.7. The highest BCUT2D eigenvalue weighted by Gasteiger charge is 2.29. The topological polar surface area (TPSA) is 83.7 Å². The molecular formula is C20H25N3O3S. The number of benzene rings is 2. The van der Waals surface area contributed by atoms with Gasteiger partial charge < -0.3 is 9.80 Å². The molecule has 0 fully saturated rings. The van der Waals surface area contributed by atoms with Gasteiger partial charge in [0, 0.05) is 25.3 Å². The first-order valence-corrected chi connectivity index (χ1v) is 10.4. The summed E-state index contributed by atoms with van der Waals surface area (Å²) < 4.78 is 23.1. The second kappa shape index (κ2) is 7.32. The molecule has 1 amide bonds. The van der Waals surface area contributed by atoms with Crippen molar-refractivity contribution >= 4 is 21.6 Å². The lowest BCUT2D eigenvalue weighted by Gasteiger charge is -2.27. The molecular weight excluding hydrogens is 362 g/mol. The molecule has 1 heterocycles. The number of nitrogens with two attached hydrogens (primary N) is 1. The molecule has 1 aliphatic heterocycles. The van der Waals surface area contributed by atoms with Gasteiger partial charge in [-0.1, -0.05) is 29.8 Å². The molecule has 1 aliphatic rings.